The van der Waals surface area contributed by atoms with Crippen molar-refractivity contribution in [3.05, 3.63) is 28.3 Å². The molecular formula is C7H7NO3SZn. The van der Waals surface area contributed by atoms with Gasteiger partial charge in [-0.15, -0.1) is 12.6 Å². The van der Waals surface area contributed by atoms with E-state index < -0.39 is 4.92 Å². The monoisotopic (exact) mass is 249 g/mol. The average Bonchev–Trinajstić information content (AvgIpc) is 2.03. The fourth-order valence-electron chi connectivity index (χ4n) is 0.859. The summed E-state index contributed by atoms with van der Waals surface area (Å²) in [6, 6.07) is 4.72. The van der Waals surface area contributed by atoms with E-state index >= 15 is 0 Å². The third-order valence-corrected chi connectivity index (χ3v) is 1.74. The number of benzene rings is 1. The van der Waals surface area contributed by atoms with Crippen molar-refractivity contribution in [3.8, 4) is 5.75 Å². The van der Waals surface area contributed by atoms with Crippen LogP contribution in [0.1, 0.15) is 0 Å². The van der Waals surface area contributed by atoms with Gasteiger partial charge in [0.1, 0.15) is 0 Å². The molecule has 0 fully saturated rings. The number of hydrogen-bond acceptors (Lipinski definition) is 4. The molecule has 1 rings (SSSR count). The molecule has 0 aliphatic heterocycles. The summed E-state index contributed by atoms with van der Waals surface area (Å²) in [6.07, 6.45) is 0. The van der Waals surface area contributed by atoms with Gasteiger partial charge in [0.2, 0.25) is 0 Å². The van der Waals surface area contributed by atoms with Gasteiger partial charge in [-0.05, 0) is 12.1 Å². The van der Waals surface area contributed by atoms with Crippen LogP contribution in [0.2, 0.25) is 0 Å². The summed E-state index contributed by atoms with van der Waals surface area (Å²) in [5.41, 5.74) is -0.0941. The summed E-state index contributed by atoms with van der Waals surface area (Å²) >= 11 is 3.94. The molecule has 0 heterocycles. The first-order valence-corrected chi connectivity index (χ1v) is 3.62. The fourth-order valence-corrected chi connectivity index (χ4v) is 1.14. The molecule has 0 unspecified atom stereocenters. The third kappa shape index (κ3) is 2.67. The van der Waals surface area contributed by atoms with Crippen LogP contribution in [0, 0.1) is 10.1 Å². The SMILES string of the molecule is COc1cccc(S)c1[N+](=O)[O-].[Zn]. The number of thiol groups is 1. The molecule has 0 saturated heterocycles. The minimum absolute atomic E-state index is 0. The second kappa shape index (κ2) is 5.19. The van der Waals surface area contributed by atoms with Gasteiger partial charge in [0, 0.05) is 19.5 Å². The Morgan fingerprint density at radius 1 is 1.54 bits per heavy atom. The Bertz CT molecular complexity index is 319. The van der Waals surface area contributed by atoms with Crippen LogP contribution in [0.5, 0.6) is 5.75 Å². The molecule has 4 nitrogen and oxygen atoms in total. The second-order valence-corrected chi connectivity index (χ2v) is 2.57. The molecule has 1 aromatic rings. The van der Waals surface area contributed by atoms with Crippen molar-refractivity contribution in [3.63, 3.8) is 0 Å². The number of nitrogens with zero attached hydrogens (tertiary/aromatic N) is 1. The van der Waals surface area contributed by atoms with E-state index in [4.69, 9.17) is 4.74 Å². The van der Waals surface area contributed by atoms with Crippen LogP contribution in [-0.4, -0.2) is 12.0 Å². The van der Waals surface area contributed by atoms with E-state index in [1.165, 1.54) is 13.2 Å². The molecule has 0 radical (unpaired) electrons. The average molecular weight is 251 g/mol. The zero-order valence-corrected chi connectivity index (χ0v) is 10.9. The third-order valence-electron chi connectivity index (χ3n) is 1.38. The Morgan fingerprint density at radius 3 is 2.54 bits per heavy atom. The molecule has 1 aromatic carbocycles. The van der Waals surface area contributed by atoms with Crippen molar-refractivity contribution in [2.75, 3.05) is 7.11 Å². The van der Waals surface area contributed by atoms with Gasteiger partial charge in [-0.2, -0.15) is 0 Å². The second-order valence-electron chi connectivity index (χ2n) is 2.09. The first-order valence-electron chi connectivity index (χ1n) is 3.17. The Labute approximate surface area is 93.6 Å². The molecule has 0 amide bonds. The molecule has 0 bridgehead atoms. The minimum atomic E-state index is -0.513. The first kappa shape index (κ1) is 12.4. The summed E-state index contributed by atoms with van der Waals surface area (Å²) in [4.78, 5) is 10.3. The van der Waals surface area contributed by atoms with Crippen molar-refractivity contribution in [1.29, 1.82) is 0 Å². The van der Waals surface area contributed by atoms with Crippen molar-refractivity contribution in [1.82, 2.24) is 0 Å². The number of rotatable bonds is 2. The Kier molecular flexibility index (Phi) is 4.95. The van der Waals surface area contributed by atoms with E-state index in [2.05, 4.69) is 12.6 Å². The van der Waals surface area contributed by atoms with Gasteiger partial charge in [0.05, 0.1) is 16.9 Å². The van der Waals surface area contributed by atoms with Gasteiger partial charge in [-0.25, -0.2) is 0 Å². The maximum Gasteiger partial charge on any atom is 0.324 e. The maximum atomic E-state index is 10.5. The van der Waals surface area contributed by atoms with Gasteiger partial charge in [-0.3, -0.25) is 10.1 Å². The molecule has 0 N–H and O–H groups in total. The summed E-state index contributed by atoms with van der Waals surface area (Å²) in [5, 5.41) is 10.5. The predicted octanol–water partition coefficient (Wildman–Crippen LogP) is 1.89. The van der Waals surface area contributed by atoms with Crippen LogP contribution in [0.15, 0.2) is 23.1 Å². The van der Waals surface area contributed by atoms with E-state index in [1.807, 2.05) is 0 Å². The molecule has 0 saturated carbocycles. The van der Waals surface area contributed by atoms with E-state index in [9.17, 15) is 10.1 Å². The molecule has 66 valence electrons. The fraction of sp³-hybridized carbons (Fsp3) is 0.143. The van der Waals surface area contributed by atoms with Gasteiger partial charge in [0.15, 0.2) is 5.75 Å². The number of nitro benzene ring substituents is 1. The molecule has 6 heteroatoms. The maximum absolute atomic E-state index is 10.5. The number of nitro groups is 1. The van der Waals surface area contributed by atoms with Crippen LogP contribution in [-0.2, 0) is 19.5 Å². The van der Waals surface area contributed by atoms with Crippen molar-refractivity contribution < 1.29 is 29.1 Å². The largest absolute Gasteiger partial charge is 0.490 e. The molecule has 0 aliphatic rings. The van der Waals surface area contributed by atoms with Gasteiger partial charge < -0.3 is 4.74 Å². The summed E-state index contributed by atoms with van der Waals surface area (Å²) in [6.45, 7) is 0. The number of methoxy groups -OCH3 is 1. The number of hydrogen-bond donors (Lipinski definition) is 1. The van der Waals surface area contributed by atoms with Crippen LogP contribution in [0.4, 0.5) is 5.69 Å². The van der Waals surface area contributed by atoms with Crippen LogP contribution < -0.4 is 4.74 Å². The zero-order chi connectivity index (χ0) is 9.14. The quantitative estimate of drug-likeness (QED) is 0.377. The minimum Gasteiger partial charge on any atom is -0.490 e. The normalized spacial score (nSPS) is 8.77. The Balaban J connectivity index is 0.00000144. The standard InChI is InChI=1S/C7H7NO3S.Zn/c1-11-5-3-2-4-6(12)7(5)8(9)10;/h2-4,12H,1H3;. The Hall–Kier alpha value is -0.607. The van der Waals surface area contributed by atoms with Crippen molar-refractivity contribution in [2.45, 2.75) is 4.90 Å². The summed E-state index contributed by atoms with van der Waals surface area (Å²) in [5.74, 6) is 0.229. The first-order chi connectivity index (χ1) is 5.66. The molecule has 0 aromatic heterocycles. The van der Waals surface area contributed by atoms with Crippen LogP contribution in [0.25, 0.3) is 0 Å². The predicted molar refractivity (Wildman–Crippen MR) is 46.9 cm³/mol. The summed E-state index contributed by atoms with van der Waals surface area (Å²) in [7, 11) is 1.38. The van der Waals surface area contributed by atoms with Crippen LogP contribution in [0.3, 0.4) is 0 Å². The van der Waals surface area contributed by atoms with Gasteiger partial charge >= 0.3 is 5.69 Å². The molecule has 0 atom stereocenters. The van der Waals surface area contributed by atoms with E-state index in [1.54, 1.807) is 12.1 Å². The Morgan fingerprint density at radius 2 is 2.15 bits per heavy atom. The van der Waals surface area contributed by atoms with E-state index in [0.29, 0.717) is 4.90 Å². The molecule has 0 aliphatic carbocycles. The van der Waals surface area contributed by atoms with Crippen molar-refractivity contribution in [2.24, 2.45) is 0 Å². The van der Waals surface area contributed by atoms with Crippen molar-refractivity contribution >= 4 is 18.3 Å². The number of ether oxygens (including phenoxy) is 1. The number of para-hydroxylation sites is 1. The molecular weight excluding hydrogens is 244 g/mol. The molecule has 13 heavy (non-hydrogen) atoms. The molecule has 0 spiro atoms. The smallest absolute Gasteiger partial charge is 0.324 e. The topological polar surface area (TPSA) is 52.4 Å². The zero-order valence-electron chi connectivity index (χ0n) is 7.06. The van der Waals surface area contributed by atoms with E-state index in [0.717, 1.165) is 0 Å². The van der Waals surface area contributed by atoms with E-state index in [-0.39, 0.29) is 30.9 Å². The van der Waals surface area contributed by atoms with Gasteiger partial charge in [-0.1, -0.05) is 6.07 Å². The van der Waals surface area contributed by atoms with Crippen LogP contribution >= 0.6 is 12.6 Å². The van der Waals surface area contributed by atoms with Gasteiger partial charge in [0.25, 0.3) is 0 Å². The summed E-state index contributed by atoms with van der Waals surface area (Å²) < 4.78 is 4.80.